The number of alkyl halides is 2. The Morgan fingerprint density at radius 1 is 1.64 bits per heavy atom. The standard InChI is InChI=1S/C5H9F2NO3/c1-2-11-8-5(9)10-3-4(6)7/h4H,2-3H2,1H3,(H,8,9). The van der Waals surface area contributed by atoms with Crippen molar-refractivity contribution in [3.8, 4) is 0 Å². The van der Waals surface area contributed by atoms with Crippen LogP contribution in [0, 0.1) is 0 Å². The Morgan fingerprint density at radius 3 is 2.73 bits per heavy atom. The van der Waals surface area contributed by atoms with Crippen molar-refractivity contribution >= 4 is 6.09 Å². The predicted octanol–water partition coefficient (Wildman–Crippen LogP) is 0.929. The summed E-state index contributed by atoms with van der Waals surface area (Å²) < 4.78 is 26.7. The lowest BCUT2D eigenvalue weighted by Gasteiger charge is -2.04. The Kier molecular flexibility index (Phi) is 5.36. The molecule has 0 aliphatic rings. The average molecular weight is 169 g/mol. The second-order valence-corrected chi connectivity index (χ2v) is 1.52. The van der Waals surface area contributed by atoms with Crippen molar-refractivity contribution in [2.45, 2.75) is 13.3 Å². The second kappa shape index (κ2) is 5.84. The highest BCUT2D eigenvalue weighted by Gasteiger charge is 2.06. The number of nitrogens with one attached hydrogen (secondary N) is 1. The summed E-state index contributed by atoms with van der Waals surface area (Å²) in [5.74, 6) is 0. The third-order valence-electron chi connectivity index (χ3n) is 0.640. The molecule has 0 aliphatic heterocycles. The van der Waals surface area contributed by atoms with Gasteiger partial charge >= 0.3 is 6.09 Å². The third-order valence-corrected chi connectivity index (χ3v) is 0.640. The number of ether oxygens (including phenoxy) is 1. The zero-order valence-electron chi connectivity index (χ0n) is 5.97. The van der Waals surface area contributed by atoms with E-state index in [4.69, 9.17) is 0 Å². The van der Waals surface area contributed by atoms with Gasteiger partial charge in [-0.25, -0.2) is 13.6 Å². The van der Waals surface area contributed by atoms with Crippen LogP contribution in [0.3, 0.4) is 0 Å². The summed E-state index contributed by atoms with van der Waals surface area (Å²) in [4.78, 5) is 14.7. The van der Waals surface area contributed by atoms with Crippen LogP contribution in [0.15, 0.2) is 0 Å². The van der Waals surface area contributed by atoms with Gasteiger partial charge in [0.2, 0.25) is 0 Å². The van der Waals surface area contributed by atoms with E-state index in [-0.39, 0.29) is 6.61 Å². The van der Waals surface area contributed by atoms with Gasteiger partial charge in [0.1, 0.15) is 0 Å². The monoisotopic (exact) mass is 169 g/mol. The predicted molar refractivity (Wildman–Crippen MR) is 32.1 cm³/mol. The van der Waals surface area contributed by atoms with E-state index in [9.17, 15) is 13.6 Å². The fraction of sp³-hybridized carbons (Fsp3) is 0.800. The molecule has 0 aliphatic carbocycles. The third kappa shape index (κ3) is 6.98. The smallest absolute Gasteiger partial charge is 0.431 e. The van der Waals surface area contributed by atoms with Gasteiger partial charge in [-0.1, -0.05) is 0 Å². The number of hydrogen-bond acceptors (Lipinski definition) is 3. The molecule has 0 fully saturated rings. The summed E-state index contributed by atoms with van der Waals surface area (Å²) in [6.07, 6.45) is -3.66. The van der Waals surface area contributed by atoms with Crippen molar-refractivity contribution in [3.05, 3.63) is 0 Å². The molecular formula is C5H9F2NO3. The number of rotatable bonds is 4. The van der Waals surface area contributed by atoms with Crippen molar-refractivity contribution in [3.63, 3.8) is 0 Å². The Morgan fingerprint density at radius 2 is 2.27 bits per heavy atom. The summed E-state index contributed by atoms with van der Waals surface area (Å²) in [6, 6.07) is 0. The van der Waals surface area contributed by atoms with Crippen molar-refractivity contribution < 1.29 is 23.1 Å². The Balaban J connectivity index is 3.23. The molecule has 0 unspecified atom stereocenters. The molecule has 11 heavy (non-hydrogen) atoms. The summed E-state index contributed by atoms with van der Waals surface area (Å²) in [5, 5.41) is 0. The Hall–Kier alpha value is -0.910. The first-order valence-corrected chi connectivity index (χ1v) is 2.99. The van der Waals surface area contributed by atoms with Crippen LogP contribution in [0.4, 0.5) is 13.6 Å². The molecule has 0 aromatic heterocycles. The lowest BCUT2D eigenvalue weighted by molar-refractivity contribution is 0.00677. The van der Waals surface area contributed by atoms with Crippen LogP contribution in [0.25, 0.3) is 0 Å². The van der Waals surface area contributed by atoms with Crippen molar-refractivity contribution in [2.75, 3.05) is 13.2 Å². The molecule has 1 N–H and O–H groups in total. The Labute approximate surface area is 62.4 Å². The molecule has 0 bridgehead atoms. The molecule has 0 saturated carbocycles. The first kappa shape index (κ1) is 10.1. The van der Waals surface area contributed by atoms with Gasteiger partial charge < -0.3 is 4.74 Å². The Bertz CT molecular complexity index is 120. The van der Waals surface area contributed by atoms with Gasteiger partial charge in [0.05, 0.1) is 6.61 Å². The molecule has 0 spiro atoms. The molecule has 6 heteroatoms. The van der Waals surface area contributed by atoms with Crippen LogP contribution in [0.2, 0.25) is 0 Å². The number of halogens is 2. The molecule has 66 valence electrons. The van der Waals surface area contributed by atoms with Crippen LogP contribution >= 0.6 is 0 Å². The van der Waals surface area contributed by atoms with Gasteiger partial charge in [0.25, 0.3) is 6.43 Å². The summed E-state index contributed by atoms with van der Waals surface area (Å²) in [7, 11) is 0. The maximum absolute atomic E-state index is 11.4. The topological polar surface area (TPSA) is 47.6 Å². The van der Waals surface area contributed by atoms with Crippen LogP contribution in [0.5, 0.6) is 0 Å². The molecule has 0 aromatic rings. The van der Waals surface area contributed by atoms with E-state index in [0.717, 1.165) is 0 Å². The quantitative estimate of drug-likeness (QED) is 0.637. The lowest BCUT2D eigenvalue weighted by atomic mass is 10.8. The molecule has 0 saturated heterocycles. The zero-order chi connectivity index (χ0) is 8.69. The van der Waals surface area contributed by atoms with Gasteiger partial charge in [-0.3, -0.25) is 4.84 Å². The van der Waals surface area contributed by atoms with E-state index >= 15 is 0 Å². The fourth-order valence-corrected chi connectivity index (χ4v) is 0.299. The SMILES string of the molecule is CCONC(=O)OCC(F)F. The second-order valence-electron chi connectivity index (χ2n) is 1.52. The number of carbonyl (C=O) groups is 1. The summed E-state index contributed by atoms with van der Waals surface area (Å²) in [5.41, 5.74) is 1.79. The first-order valence-electron chi connectivity index (χ1n) is 2.99. The highest BCUT2D eigenvalue weighted by molar-refractivity contribution is 5.65. The van der Waals surface area contributed by atoms with Gasteiger partial charge in [-0.2, -0.15) is 5.48 Å². The molecule has 4 nitrogen and oxygen atoms in total. The highest BCUT2D eigenvalue weighted by Crippen LogP contribution is 1.92. The number of hydroxylamine groups is 1. The normalized spacial score (nSPS) is 9.82. The molecule has 0 rings (SSSR count). The maximum atomic E-state index is 11.4. The van der Waals surface area contributed by atoms with E-state index < -0.39 is 19.1 Å². The van der Waals surface area contributed by atoms with Crippen molar-refractivity contribution in [2.24, 2.45) is 0 Å². The van der Waals surface area contributed by atoms with Crippen LogP contribution in [-0.4, -0.2) is 25.7 Å². The van der Waals surface area contributed by atoms with Crippen molar-refractivity contribution in [1.82, 2.24) is 5.48 Å². The van der Waals surface area contributed by atoms with E-state index in [1.807, 2.05) is 0 Å². The molecule has 1 amide bonds. The van der Waals surface area contributed by atoms with Crippen LogP contribution in [-0.2, 0) is 9.57 Å². The fourth-order valence-electron chi connectivity index (χ4n) is 0.299. The van der Waals surface area contributed by atoms with E-state index in [0.29, 0.717) is 0 Å². The van der Waals surface area contributed by atoms with Crippen molar-refractivity contribution in [1.29, 1.82) is 0 Å². The molecule has 0 radical (unpaired) electrons. The molecule has 0 aromatic carbocycles. The zero-order valence-corrected chi connectivity index (χ0v) is 5.97. The largest absolute Gasteiger partial charge is 0.442 e. The molecule has 0 atom stereocenters. The van der Waals surface area contributed by atoms with Crippen LogP contribution in [0.1, 0.15) is 6.92 Å². The molecule has 0 heterocycles. The summed E-state index contributed by atoms with van der Waals surface area (Å²) in [6.45, 7) is 0.968. The van der Waals surface area contributed by atoms with Gasteiger partial charge in [-0.15, -0.1) is 0 Å². The lowest BCUT2D eigenvalue weighted by Crippen LogP contribution is -2.26. The van der Waals surface area contributed by atoms with Gasteiger partial charge in [0, 0.05) is 0 Å². The van der Waals surface area contributed by atoms with E-state index in [1.54, 1.807) is 12.4 Å². The number of amides is 1. The van der Waals surface area contributed by atoms with E-state index in [1.165, 1.54) is 0 Å². The minimum atomic E-state index is -2.65. The summed E-state index contributed by atoms with van der Waals surface area (Å²) >= 11 is 0. The molecular weight excluding hydrogens is 160 g/mol. The minimum absolute atomic E-state index is 0.254. The first-order chi connectivity index (χ1) is 5.16. The maximum Gasteiger partial charge on any atom is 0.431 e. The average Bonchev–Trinajstić information content (AvgIpc) is 1.97. The van der Waals surface area contributed by atoms with E-state index in [2.05, 4.69) is 9.57 Å². The minimum Gasteiger partial charge on any atom is -0.442 e. The van der Waals surface area contributed by atoms with Crippen LogP contribution < -0.4 is 5.48 Å². The van der Waals surface area contributed by atoms with Gasteiger partial charge in [0.15, 0.2) is 6.61 Å². The number of hydrogen-bond donors (Lipinski definition) is 1. The van der Waals surface area contributed by atoms with Gasteiger partial charge in [-0.05, 0) is 6.92 Å². The highest BCUT2D eigenvalue weighted by atomic mass is 19.3. The number of carbonyl (C=O) groups excluding carboxylic acids is 1.